The molecule has 0 amide bonds. The van der Waals surface area contributed by atoms with E-state index in [-0.39, 0.29) is 17.9 Å². The van der Waals surface area contributed by atoms with E-state index in [1.807, 2.05) is 0 Å². The van der Waals surface area contributed by atoms with Crippen molar-refractivity contribution < 1.29 is 19.7 Å². The number of aliphatic hydroxyl groups excluding tert-OH is 2. The van der Waals surface area contributed by atoms with Crippen LogP contribution in [0, 0.1) is 11.8 Å². The summed E-state index contributed by atoms with van der Waals surface area (Å²) in [6, 6.07) is 0.221. The Kier molecular flexibility index (Phi) is 3.22. The lowest BCUT2D eigenvalue weighted by molar-refractivity contribution is -0.0300. The maximum absolute atomic E-state index is 10.2. The molecular formula is C16H21N5O4. The minimum Gasteiger partial charge on any atom is -0.460 e. The highest BCUT2D eigenvalue weighted by atomic mass is 16.6. The van der Waals surface area contributed by atoms with Crippen molar-refractivity contribution in [3.05, 3.63) is 6.33 Å². The SMILES string of the molecule is C[C@H]1O[C@@H](n2cnc3c(N)nc(OC4CC5CC5C4)nc32)[C@H](O)[C@@H]1O. The maximum Gasteiger partial charge on any atom is 0.320 e. The quantitative estimate of drug-likeness (QED) is 0.719. The van der Waals surface area contributed by atoms with Crippen LogP contribution in [0.2, 0.25) is 0 Å². The van der Waals surface area contributed by atoms with Gasteiger partial charge in [-0.2, -0.15) is 9.97 Å². The van der Waals surface area contributed by atoms with Crippen molar-refractivity contribution in [2.24, 2.45) is 11.8 Å². The Morgan fingerprint density at radius 3 is 2.64 bits per heavy atom. The van der Waals surface area contributed by atoms with Crippen LogP contribution in [-0.4, -0.2) is 54.1 Å². The summed E-state index contributed by atoms with van der Waals surface area (Å²) in [5.74, 6) is 1.81. The number of nitrogen functional groups attached to an aromatic ring is 1. The second-order valence-corrected chi connectivity index (χ2v) is 7.40. The molecule has 9 heteroatoms. The third-order valence-electron chi connectivity index (χ3n) is 5.65. The van der Waals surface area contributed by atoms with Crippen molar-refractivity contribution >= 4 is 17.0 Å². The van der Waals surface area contributed by atoms with E-state index in [2.05, 4.69) is 15.0 Å². The van der Waals surface area contributed by atoms with Crippen LogP contribution in [0.1, 0.15) is 32.4 Å². The van der Waals surface area contributed by atoms with Gasteiger partial charge in [0.2, 0.25) is 0 Å². The van der Waals surface area contributed by atoms with E-state index in [0.29, 0.717) is 11.2 Å². The lowest BCUT2D eigenvalue weighted by Crippen LogP contribution is -2.30. The molecule has 2 aromatic rings. The fourth-order valence-corrected chi connectivity index (χ4v) is 4.12. The summed E-state index contributed by atoms with van der Waals surface area (Å²) in [6.45, 7) is 1.70. The van der Waals surface area contributed by atoms with Crippen LogP contribution in [0.5, 0.6) is 6.01 Å². The molecule has 1 aliphatic heterocycles. The van der Waals surface area contributed by atoms with Gasteiger partial charge in [0, 0.05) is 0 Å². The zero-order chi connectivity index (χ0) is 17.3. The molecule has 0 aromatic carbocycles. The molecule has 3 fully saturated rings. The summed E-state index contributed by atoms with van der Waals surface area (Å²) in [4.78, 5) is 12.9. The Balaban J connectivity index is 1.48. The summed E-state index contributed by atoms with van der Waals surface area (Å²) in [5, 5.41) is 20.2. The van der Waals surface area contributed by atoms with Crippen molar-refractivity contribution in [2.75, 3.05) is 5.73 Å². The third-order valence-corrected chi connectivity index (χ3v) is 5.65. The molecule has 3 heterocycles. The van der Waals surface area contributed by atoms with Crippen LogP contribution >= 0.6 is 0 Å². The van der Waals surface area contributed by atoms with Crippen LogP contribution < -0.4 is 10.5 Å². The number of fused-ring (bicyclic) bond motifs is 2. The average molecular weight is 347 g/mol. The highest BCUT2D eigenvalue weighted by molar-refractivity contribution is 5.82. The molecule has 134 valence electrons. The zero-order valence-corrected chi connectivity index (χ0v) is 13.8. The van der Waals surface area contributed by atoms with Crippen LogP contribution in [0.3, 0.4) is 0 Å². The van der Waals surface area contributed by atoms with E-state index < -0.39 is 24.5 Å². The Morgan fingerprint density at radius 1 is 1.20 bits per heavy atom. The normalized spacial score (nSPS) is 39.7. The molecule has 2 aromatic heterocycles. The van der Waals surface area contributed by atoms with Gasteiger partial charge < -0.3 is 25.4 Å². The van der Waals surface area contributed by atoms with Gasteiger partial charge in [-0.15, -0.1) is 0 Å². The van der Waals surface area contributed by atoms with Gasteiger partial charge in [-0.1, -0.05) is 0 Å². The van der Waals surface area contributed by atoms with Gasteiger partial charge in [0.1, 0.15) is 18.3 Å². The second-order valence-electron chi connectivity index (χ2n) is 7.40. The Hall–Kier alpha value is -1.97. The molecule has 0 bridgehead atoms. The monoisotopic (exact) mass is 347 g/mol. The average Bonchev–Trinajstić information content (AvgIpc) is 2.91. The predicted octanol–water partition coefficient (Wildman–Crippen LogP) is 0.225. The van der Waals surface area contributed by atoms with E-state index in [0.717, 1.165) is 24.7 Å². The highest BCUT2D eigenvalue weighted by Crippen LogP contribution is 2.52. The summed E-state index contributed by atoms with van der Waals surface area (Å²) in [7, 11) is 0. The minimum atomic E-state index is -1.07. The fourth-order valence-electron chi connectivity index (χ4n) is 4.12. The van der Waals surface area contributed by atoms with E-state index in [9.17, 15) is 10.2 Å². The molecule has 2 unspecified atom stereocenters. The fraction of sp³-hybridized carbons (Fsp3) is 0.688. The molecule has 4 N–H and O–H groups in total. The Morgan fingerprint density at radius 2 is 1.96 bits per heavy atom. The van der Waals surface area contributed by atoms with Gasteiger partial charge in [0.25, 0.3) is 0 Å². The molecule has 2 saturated carbocycles. The lowest BCUT2D eigenvalue weighted by atomic mass is 10.1. The molecule has 6 atom stereocenters. The first-order valence-electron chi connectivity index (χ1n) is 8.69. The second kappa shape index (κ2) is 5.26. The number of hydrogen-bond donors (Lipinski definition) is 3. The van der Waals surface area contributed by atoms with Crippen molar-refractivity contribution in [1.82, 2.24) is 19.5 Å². The van der Waals surface area contributed by atoms with Gasteiger partial charge >= 0.3 is 6.01 Å². The minimum absolute atomic E-state index is 0.132. The van der Waals surface area contributed by atoms with E-state index >= 15 is 0 Å². The molecule has 5 rings (SSSR count). The van der Waals surface area contributed by atoms with Gasteiger partial charge in [-0.25, -0.2) is 4.98 Å². The number of ether oxygens (including phenoxy) is 2. The molecule has 0 spiro atoms. The summed E-state index contributed by atoms with van der Waals surface area (Å²) in [6.07, 6.45) is 1.70. The Bertz CT molecular complexity index is 816. The van der Waals surface area contributed by atoms with E-state index in [4.69, 9.17) is 15.2 Å². The number of rotatable bonds is 3. The van der Waals surface area contributed by atoms with Crippen molar-refractivity contribution in [3.8, 4) is 6.01 Å². The summed E-state index contributed by atoms with van der Waals surface area (Å²) >= 11 is 0. The number of aromatic nitrogens is 4. The van der Waals surface area contributed by atoms with Crippen LogP contribution in [-0.2, 0) is 4.74 Å². The van der Waals surface area contributed by atoms with E-state index in [1.54, 1.807) is 11.5 Å². The summed E-state index contributed by atoms with van der Waals surface area (Å²) < 4.78 is 13.2. The van der Waals surface area contributed by atoms with Gasteiger partial charge in [-0.05, 0) is 38.0 Å². The Labute approximate surface area is 143 Å². The highest BCUT2D eigenvalue weighted by Gasteiger charge is 2.47. The van der Waals surface area contributed by atoms with E-state index in [1.165, 1.54) is 12.7 Å². The van der Waals surface area contributed by atoms with Crippen molar-refractivity contribution in [3.63, 3.8) is 0 Å². The topological polar surface area (TPSA) is 129 Å². The summed E-state index contributed by atoms with van der Waals surface area (Å²) in [5.41, 5.74) is 6.86. The van der Waals surface area contributed by atoms with Crippen molar-refractivity contribution in [2.45, 2.75) is 56.8 Å². The molecule has 1 saturated heterocycles. The van der Waals surface area contributed by atoms with Crippen molar-refractivity contribution in [1.29, 1.82) is 0 Å². The van der Waals surface area contributed by atoms with Gasteiger partial charge in [-0.3, -0.25) is 4.57 Å². The zero-order valence-electron chi connectivity index (χ0n) is 13.8. The number of nitrogens with zero attached hydrogens (tertiary/aromatic N) is 4. The van der Waals surface area contributed by atoms with Gasteiger partial charge in [0.15, 0.2) is 23.2 Å². The molecule has 9 nitrogen and oxygen atoms in total. The number of nitrogens with two attached hydrogens (primary N) is 1. The van der Waals surface area contributed by atoms with Crippen LogP contribution in [0.4, 0.5) is 5.82 Å². The smallest absolute Gasteiger partial charge is 0.320 e. The number of anilines is 1. The number of imidazole rings is 1. The largest absolute Gasteiger partial charge is 0.460 e. The first-order chi connectivity index (χ1) is 12.0. The number of hydrogen-bond acceptors (Lipinski definition) is 8. The molecule has 3 aliphatic rings. The first-order valence-corrected chi connectivity index (χ1v) is 8.69. The molecule has 25 heavy (non-hydrogen) atoms. The van der Waals surface area contributed by atoms with Crippen LogP contribution in [0.15, 0.2) is 6.33 Å². The van der Waals surface area contributed by atoms with Gasteiger partial charge in [0.05, 0.1) is 12.4 Å². The standard InChI is InChI=1S/C16H21N5O4/c1-6-11(22)12(23)15(24-6)21-5-18-10-13(17)19-16(20-14(10)21)25-9-3-7-2-8(7)4-9/h5-9,11-12,15,22-23H,2-4H2,1H3,(H2,17,19,20)/t6-,7?,8?,9?,11-,12-,15-/m1/s1. The van der Waals surface area contributed by atoms with Crippen LogP contribution in [0.25, 0.3) is 11.2 Å². The predicted molar refractivity (Wildman–Crippen MR) is 86.6 cm³/mol. The molecular weight excluding hydrogens is 326 g/mol. The first kappa shape index (κ1) is 15.3. The lowest BCUT2D eigenvalue weighted by Gasteiger charge is -2.17. The molecule has 0 radical (unpaired) electrons. The molecule has 2 aliphatic carbocycles. The third kappa shape index (κ3) is 2.37. The number of aliphatic hydroxyl groups is 2. The maximum atomic E-state index is 10.2.